The number of rotatable bonds is 4. The lowest BCUT2D eigenvalue weighted by atomic mass is 10.0. The van der Waals surface area contributed by atoms with Crippen molar-refractivity contribution in [2.45, 2.75) is 0 Å². The molecule has 4 nitrogen and oxygen atoms in total. The molecule has 0 unspecified atom stereocenters. The van der Waals surface area contributed by atoms with Crippen molar-refractivity contribution in [3.05, 3.63) is 121 Å². The van der Waals surface area contributed by atoms with Crippen molar-refractivity contribution in [1.29, 1.82) is 5.26 Å². The van der Waals surface area contributed by atoms with Crippen molar-refractivity contribution in [3.8, 4) is 23.0 Å². The van der Waals surface area contributed by atoms with E-state index in [2.05, 4.69) is 63.1 Å². The lowest BCUT2D eigenvalue weighted by molar-refractivity contribution is 1.13. The third kappa shape index (κ3) is 3.28. The SMILES string of the molecule is N#CC(=Cc1c(-c2ccccc2)n(-c2ccccc2)c2ccccc12)c1nc2ccccc2[nH]1. The highest BCUT2D eigenvalue weighted by atomic mass is 15.0. The van der Waals surface area contributed by atoms with Crippen LogP contribution in [-0.2, 0) is 0 Å². The van der Waals surface area contributed by atoms with Crippen LogP contribution < -0.4 is 0 Å². The first-order valence-electron chi connectivity index (χ1n) is 11.1. The van der Waals surface area contributed by atoms with Crippen molar-refractivity contribution >= 4 is 33.6 Å². The molecule has 34 heavy (non-hydrogen) atoms. The van der Waals surface area contributed by atoms with Crippen molar-refractivity contribution in [2.24, 2.45) is 0 Å². The van der Waals surface area contributed by atoms with Crippen LogP contribution in [0.1, 0.15) is 11.4 Å². The third-order valence-electron chi connectivity index (χ3n) is 6.03. The number of nitrogens with zero attached hydrogens (tertiary/aromatic N) is 3. The number of benzene rings is 4. The predicted octanol–water partition coefficient (Wildman–Crippen LogP) is 7.24. The van der Waals surface area contributed by atoms with Crippen LogP contribution in [0, 0.1) is 11.3 Å². The average molecular weight is 437 g/mol. The molecule has 0 spiro atoms. The summed E-state index contributed by atoms with van der Waals surface area (Å²) in [5.41, 5.74) is 7.50. The van der Waals surface area contributed by atoms with E-state index in [1.807, 2.05) is 72.8 Å². The fourth-order valence-corrected chi connectivity index (χ4v) is 4.52. The normalized spacial score (nSPS) is 11.7. The Labute approximate surface area is 197 Å². The number of hydrogen-bond acceptors (Lipinski definition) is 2. The molecular weight excluding hydrogens is 416 g/mol. The standard InChI is InChI=1S/C30H20N4/c31-20-22(30-32-26-16-8-9-17-27(26)33-30)19-25-24-15-7-10-18-28(24)34(23-13-5-2-6-14-23)29(25)21-11-3-1-4-12-21/h1-19H,(H,32,33). The van der Waals surface area contributed by atoms with E-state index < -0.39 is 0 Å². The number of allylic oxidation sites excluding steroid dienone is 1. The summed E-state index contributed by atoms with van der Waals surface area (Å²) in [7, 11) is 0. The summed E-state index contributed by atoms with van der Waals surface area (Å²) >= 11 is 0. The highest BCUT2D eigenvalue weighted by Gasteiger charge is 2.20. The minimum Gasteiger partial charge on any atom is -0.337 e. The fraction of sp³-hybridized carbons (Fsp3) is 0. The Balaban J connectivity index is 1.68. The van der Waals surface area contributed by atoms with Crippen LogP contribution in [0.25, 0.3) is 50.5 Å². The molecule has 4 aromatic carbocycles. The first-order valence-corrected chi connectivity index (χ1v) is 11.1. The molecule has 2 heterocycles. The average Bonchev–Trinajstić information content (AvgIpc) is 3.47. The van der Waals surface area contributed by atoms with Crippen molar-refractivity contribution in [2.75, 3.05) is 0 Å². The Morgan fingerprint density at radius 1 is 0.794 bits per heavy atom. The summed E-state index contributed by atoms with van der Waals surface area (Å²) in [6, 6.07) is 39.2. The van der Waals surface area contributed by atoms with Gasteiger partial charge in [0.25, 0.3) is 0 Å². The molecule has 2 aromatic heterocycles. The molecule has 0 aliphatic carbocycles. The van der Waals surface area contributed by atoms with Gasteiger partial charge in [-0.3, -0.25) is 0 Å². The summed E-state index contributed by atoms with van der Waals surface area (Å²) < 4.78 is 2.27. The van der Waals surface area contributed by atoms with Gasteiger partial charge in [0.1, 0.15) is 11.9 Å². The van der Waals surface area contributed by atoms with Crippen molar-refractivity contribution in [1.82, 2.24) is 14.5 Å². The predicted molar refractivity (Wildman–Crippen MR) is 138 cm³/mol. The van der Waals surface area contributed by atoms with Gasteiger partial charge < -0.3 is 9.55 Å². The fourth-order valence-electron chi connectivity index (χ4n) is 4.52. The van der Waals surface area contributed by atoms with E-state index in [1.54, 1.807) is 0 Å². The van der Waals surface area contributed by atoms with E-state index in [0.29, 0.717) is 11.4 Å². The van der Waals surface area contributed by atoms with Crippen LogP contribution in [0.3, 0.4) is 0 Å². The Hall–Kier alpha value is -4.88. The number of aromatic amines is 1. The maximum Gasteiger partial charge on any atom is 0.149 e. The summed E-state index contributed by atoms with van der Waals surface area (Å²) in [6.45, 7) is 0. The molecule has 160 valence electrons. The number of para-hydroxylation sites is 4. The number of imidazole rings is 1. The number of H-pyrrole nitrogens is 1. The molecule has 6 aromatic rings. The minimum atomic E-state index is 0.490. The zero-order valence-electron chi connectivity index (χ0n) is 18.3. The third-order valence-corrected chi connectivity index (χ3v) is 6.03. The van der Waals surface area contributed by atoms with Gasteiger partial charge in [-0.25, -0.2) is 4.98 Å². The van der Waals surface area contributed by atoms with Crippen LogP contribution in [-0.4, -0.2) is 14.5 Å². The van der Waals surface area contributed by atoms with E-state index in [-0.39, 0.29) is 0 Å². The molecule has 0 aliphatic rings. The zero-order valence-corrected chi connectivity index (χ0v) is 18.3. The Kier molecular flexibility index (Phi) is 4.79. The quantitative estimate of drug-likeness (QED) is 0.296. The number of hydrogen-bond donors (Lipinski definition) is 1. The largest absolute Gasteiger partial charge is 0.337 e. The monoisotopic (exact) mass is 436 g/mol. The molecule has 0 amide bonds. The van der Waals surface area contributed by atoms with Gasteiger partial charge in [0.05, 0.1) is 27.8 Å². The number of nitrogens with one attached hydrogen (secondary N) is 1. The molecule has 0 saturated carbocycles. The molecule has 0 saturated heterocycles. The first-order chi connectivity index (χ1) is 16.8. The van der Waals surface area contributed by atoms with Gasteiger partial charge in [-0.1, -0.05) is 78.9 Å². The van der Waals surface area contributed by atoms with Crippen LogP contribution >= 0.6 is 0 Å². The maximum atomic E-state index is 10.1. The molecule has 1 N–H and O–H groups in total. The van der Waals surface area contributed by atoms with E-state index >= 15 is 0 Å². The van der Waals surface area contributed by atoms with Gasteiger partial charge >= 0.3 is 0 Å². The Morgan fingerprint density at radius 2 is 1.47 bits per heavy atom. The molecule has 0 bridgehead atoms. The Bertz CT molecular complexity index is 1660. The highest BCUT2D eigenvalue weighted by Crippen LogP contribution is 2.38. The second kappa shape index (κ2) is 8.23. The molecule has 6 rings (SSSR count). The molecule has 0 atom stereocenters. The second-order valence-electron chi connectivity index (χ2n) is 8.09. The molecular formula is C30H20N4. The van der Waals surface area contributed by atoms with Crippen LogP contribution in [0.4, 0.5) is 0 Å². The van der Waals surface area contributed by atoms with Gasteiger partial charge in [-0.2, -0.15) is 5.26 Å². The van der Waals surface area contributed by atoms with Crippen LogP contribution in [0.15, 0.2) is 109 Å². The van der Waals surface area contributed by atoms with Gasteiger partial charge in [0.15, 0.2) is 0 Å². The number of aromatic nitrogens is 3. The smallest absolute Gasteiger partial charge is 0.149 e. The molecule has 4 heteroatoms. The molecule has 0 aliphatic heterocycles. The molecule has 0 radical (unpaired) electrons. The summed E-state index contributed by atoms with van der Waals surface area (Å²) in [4.78, 5) is 7.98. The lowest BCUT2D eigenvalue weighted by Gasteiger charge is -2.12. The highest BCUT2D eigenvalue weighted by molar-refractivity contribution is 6.04. The summed E-state index contributed by atoms with van der Waals surface area (Å²) in [5.74, 6) is 0.569. The summed E-state index contributed by atoms with van der Waals surface area (Å²) in [6.07, 6.45) is 1.96. The first kappa shape index (κ1) is 19.8. The maximum absolute atomic E-state index is 10.1. The summed E-state index contributed by atoms with van der Waals surface area (Å²) in [5, 5.41) is 11.2. The topological polar surface area (TPSA) is 57.4 Å². The van der Waals surface area contributed by atoms with Gasteiger partial charge in [-0.05, 0) is 42.0 Å². The Morgan fingerprint density at radius 3 is 2.24 bits per heavy atom. The van der Waals surface area contributed by atoms with Gasteiger partial charge in [-0.15, -0.1) is 0 Å². The van der Waals surface area contributed by atoms with Crippen LogP contribution in [0.2, 0.25) is 0 Å². The van der Waals surface area contributed by atoms with E-state index in [9.17, 15) is 5.26 Å². The van der Waals surface area contributed by atoms with E-state index in [4.69, 9.17) is 0 Å². The zero-order chi connectivity index (χ0) is 22.9. The van der Waals surface area contributed by atoms with Crippen LogP contribution in [0.5, 0.6) is 0 Å². The number of nitriles is 1. The van der Waals surface area contributed by atoms with Gasteiger partial charge in [0.2, 0.25) is 0 Å². The number of fused-ring (bicyclic) bond motifs is 2. The minimum absolute atomic E-state index is 0.490. The second-order valence-corrected chi connectivity index (χ2v) is 8.09. The van der Waals surface area contributed by atoms with Crippen molar-refractivity contribution < 1.29 is 0 Å². The molecule has 0 fully saturated rings. The van der Waals surface area contributed by atoms with Crippen molar-refractivity contribution in [3.63, 3.8) is 0 Å². The van der Waals surface area contributed by atoms with E-state index in [0.717, 1.165) is 44.4 Å². The van der Waals surface area contributed by atoms with Gasteiger partial charge in [0, 0.05) is 16.6 Å². The van der Waals surface area contributed by atoms with E-state index in [1.165, 1.54) is 0 Å². The lowest BCUT2D eigenvalue weighted by Crippen LogP contribution is -1.97.